The van der Waals surface area contributed by atoms with Crippen LogP contribution in [-0.4, -0.2) is 97.9 Å². The summed E-state index contributed by atoms with van der Waals surface area (Å²) in [6.45, 7) is 8.48. The number of carbonyl (C=O) groups excluding carboxylic acids is 1. The largest absolute Gasteiger partial charge is 0.369 e. The zero-order valence-corrected chi connectivity index (χ0v) is 32.9. The molecule has 6 aromatic heterocycles. The molecule has 8 aromatic rings. The van der Waals surface area contributed by atoms with Crippen molar-refractivity contribution in [2.24, 2.45) is 0 Å². The lowest BCUT2D eigenvalue weighted by Gasteiger charge is -2.38. The number of carbonyl (C=O) groups is 1. The van der Waals surface area contributed by atoms with Crippen LogP contribution in [0.2, 0.25) is 0 Å². The van der Waals surface area contributed by atoms with Crippen molar-refractivity contribution in [2.45, 2.75) is 38.9 Å². The molecule has 2 aromatic carbocycles. The number of nitrogens with one attached hydrogen (secondary N) is 2. The van der Waals surface area contributed by atoms with Gasteiger partial charge in [-0.15, -0.1) is 0 Å². The maximum atomic E-state index is 14.9. The Morgan fingerprint density at radius 1 is 0.800 bits per heavy atom. The van der Waals surface area contributed by atoms with E-state index in [1.54, 1.807) is 33.3 Å². The van der Waals surface area contributed by atoms with Gasteiger partial charge in [0.2, 0.25) is 0 Å². The molecular formula is C43H38F4N12O. The molecule has 2 aliphatic heterocycles. The second kappa shape index (κ2) is 14.3. The summed E-state index contributed by atoms with van der Waals surface area (Å²) in [6, 6.07) is 12.0. The van der Waals surface area contributed by atoms with Gasteiger partial charge in [-0.05, 0) is 52.1 Å². The Morgan fingerprint density at radius 3 is 2.15 bits per heavy atom. The number of imidazole rings is 2. The van der Waals surface area contributed by atoms with E-state index in [1.807, 2.05) is 13.1 Å². The number of nitriles is 1. The highest BCUT2D eigenvalue weighted by Gasteiger charge is 2.28. The minimum Gasteiger partial charge on any atom is -0.369 e. The molecule has 10 rings (SSSR count). The van der Waals surface area contributed by atoms with Crippen LogP contribution in [0.5, 0.6) is 0 Å². The first-order valence-electron chi connectivity index (χ1n) is 19.8. The third-order valence-electron chi connectivity index (χ3n) is 11.7. The number of piperazine rings is 1. The van der Waals surface area contributed by atoms with E-state index in [9.17, 15) is 27.6 Å². The number of hydrogen-bond donors (Lipinski definition) is 2. The Bertz CT molecular complexity index is 3130. The summed E-state index contributed by atoms with van der Waals surface area (Å²) in [5.74, 6) is -4.73. The summed E-state index contributed by atoms with van der Waals surface area (Å²) < 4.78 is 61.7. The number of rotatable bonds is 5. The lowest BCUT2D eigenvalue weighted by molar-refractivity contribution is 0.0952. The number of hydrogen-bond acceptors (Lipinski definition) is 10. The van der Waals surface area contributed by atoms with E-state index in [4.69, 9.17) is 4.98 Å². The van der Waals surface area contributed by atoms with Crippen LogP contribution in [0.3, 0.4) is 0 Å². The zero-order valence-electron chi connectivity index (χ0n) is 32.9. The fourth-order valence-corrected chi connectivity index (χ4v) is 9.07. The Morgan fingerprint density at radius 2 is 1.45 bits per heavy atom. The smallest absolute Gasteiger partial charge is 0.255 e. The molecule has 17 heteroatoms. The number of anilines is 2. The number of likely N-dealkylation sites (N-methyl/N-ethyl adjacent to an activating group) is 1. The maximum Gasteiger partial charge on any atom is 0.255 e. The van der Waals surface area contributed by atoms with Gasteiger partial charge < -0.3 is 25.3 Å². The highest BCUT2D eigenvalue weighted by molar-refractivity contribution is 6.08. The monoisotopic (exact) mass is 814 g/mol. The molecule has 0 saturated carbocycles. The van der Waals surface area contributed by atoms with Gasteiger partial charge in [-0.2, -0.15) is 5.26 Å². The topological polar surface area (TPSA) is 135 Å². The SMILES string of the molecule is C[C@@H]1CN(c2ccnc3c2cc(C(=O)NCc2cnc4c(cc(C#N)c5nc6cc(F)c(F)cc6n54)c2N2CCCN(C)CC2)c2nc4cc(F)c(F)cc4n23)C[C@H](C)N1. The first-order valence-corrected chi connectivity index (χ1v) is 19.8. The summed E-state index contributed by atoms with van der Waals surface area (Å²) >= 11 is 0. The first-order chi connectivity index (χ1) is 29.0. The minimum atomic E-state index is -1.06. The molecule has 2 fully saturated rings. The quantitative estimate of drug-likeness (QED) is 0.197. The van der Waals surface area contributed by atoms with Crippen LogP contribution in [0.4, 0.5) is 28.9 Å². The molecule has 1 amide bonds. The molecule has 8 heterocycles. The number of amides is 1. The second-order valence-electron chi connectivity index (χ2n) is 15.9. The van der Waals surface area contributed by atoms with Gasteiger partial charge in [0.15, 0.2) is 34.6 Å². The molecule has 0 aliphatic carbocycles. The second-order valence-corrected chi connectivity index (χ2v) is 15.9. The fraction of sp³-hybridized carbons (Fsp3) is 0.302. The van der Waals surface area contributed by atoms with Crippen molar-refractivity contribution in [3.8, 4) is 6.07 Å². The fourth-order valence-electron chi connectivity index (χ4n) is 9.07. The Labute approximate surface area is 339 Å². The number of fused-ring (bicyclic) bond motifs is 10. The lowest BCUT2D eigenvalue weighted by atomic mass is 10.1. The molecule has 0 unspecified atom stereocenters. The van der Waals surface area contributed by atoms with Crippen molar-refractivity contribution in [2.75, 3.05) is 56.1 Å². The van der Waals surface area contributed by atoms with Gasteiger partial charge in [0.25, 0.3) is 5.91 Å². The summed E-state index contributed by atoms with van der Waals surface area (Å²) in [6.07, 6.45) is 4.15. The molecular weight excluding hydrogens is 777 g/mol. The van der Waals surface area contributed by atoms with Gasteiger partial charge in [0.1, 0.15) is 17.4 Å². The molecule has 2 atom stereocenters. The van der Waals surface area contributed by atoms with E-state index in [1.165, 1.54) is 0 Å². The van der Waals surface area contributed by atoms with Gasteiger partial charge in [-0.1, -0.05) is 0 Å². The molecule has 304 valence electrons. The summed E-state index contributed by atoms with van der Waals surface area (Å²) in [7, 11) is 2.05. The zero-order chi connectivity index (χ0) is 41.6. The van der Waals surface area contributed by atoms with Gasteiger partial charge in [0, 0.05) is 110 Å². The van der Waals surface area contributed by atoms with Crippen LogP contribution in [0, 0.1) is 34.6 Å². The van der Waals surface area contributed by atoms with E-state index in [-0.39, 0.29) is 63.1 Å². The molecule has 2 aliphatic rings. The van der Waals surface area contributed by atoms with E-state index < -0.39 is 29.2 Å². The molecule has 2 N–H and O–H groups in total. The average Bonchev–Trinajstić information content (AvgIpc) is 3.69. The maximum absolute atomic E-state index is 14.9. The van der Waals surface area contributed by atoms with Crippen molar-refractivity contribution in [1.82, 2.24) is 44.3 Å². The highest BCUT2D eigenvalue weighted by atomic mass is 19.2. The van der Waals surface area contributed by atoms with Crippen LogP contribution in [-0.2, 0) is 6.54 Å². The molecule has 60 heavy (non-hydrogen) atoms. The first kappa shape index (κ1) is 37.6. The van der Waals surface area contributed by atoms with Crippen molar-refractivity contribution in [3.05, 3.63) is 94.8 Å². The molecule has 2 saturated heterocycles. The Hall–Kier alpha value is -6.64. The molecule has 13 nitrogen and oxygen atoms in total. The van der Waals surface area contributed by atoms with Gasteiger partial charge in [0.05, 0.1) is 38.9 Å². The predicted molar refractivity (Wildman–Crippen MR) is 220 cm³/mol. The molecule has 0 spiro atoms. The summed E-state index contributed by atoms with van der Waals surface area (Å²) in [4.78, 5) is 40.0. The van der Waals surface area contributed by atoms with E-state index in [0.717, 1.165) is 55.2 Å². The Balaban J connectivity index is 1.13. The van der Waals surface area contributed by atoms with Crippen LogP contribution < -0.4 is 20.4 Å². The van der Waals surface area contributed by atoms with Gasteiger partial charge in [-0.25, -0.2) is 37.5 Å². The Kier molecular flexibility index (Phi) is 8.95. The normalized spacial score (nSPS) is 18.0. The number of pyridine rings is 4. The summed E-state index contributed by atoms with van der Waals surface area (Å²) in [5, 5.41) is 18.2. The van der Waals surface area contributed by atoms with Crippen LogP contribution >= 0.6 is 0 Å². The summed E-state index contributed by atoms with van der Waals surface area (Å²) in [5.41, 5.74) is 4.63. The van der Waals surface area contributed by atoms with Crippen molar-refractivity contribution >= 4 is 72.7 Å². The van der Waals surface area contributed by atoms with Crippen LogP contribution in [0.15, 0.2) is 54.9 Å². The highest BCUT2D eigenvalue weighted by Crippen LogP contribution is 2.36. The van der Waals surface area contributed by atoms with E-state index >= 15 is 0 Å². The van der Waals surface area contributed by atoms with Crippen LogP contribution in [0.1, 0.15) is 41.8 Å². The van der Waals surface area contributed by atoms with Crippen molar-refractivity contribution in [1.29, 1.82) is 5.26 Å². The average molecular weight is 815 g/mol. The number of benzene rings is 2. The molecule has 0 radical (unpaired) electrons. The third-order valence-corrected chi connectivity index (χ3v) is 11.7. The van der Waals surface area contributed by atoms with Gasteiger partial charge in [-0.3, -0.25) is 13.6 Å². The van der Waals surface area contributed by atoms with Crippen molar-refractivity contribution < 1.29 is 22.4 Å². The minimum absolute atomic E-state index is 0.00567. The third kappa shape index (κ3) is 6.08. The predicted octanol–water partition coefficient (Wildman–Crippen LogP) is 6.07. The standard InChI is InChI=1S/C43H38F4N12O/c1-22-20-57(21-23(2)52-22)35-5-6-49-40-26(35)12-28(42-54-34-14-30(45)32(47)16-37(34)59(40)42)43(60)51-19-25-18-50-41-27(38(25)56-8-4-7-55(3)9-10-56)11-24(17-48)39-53-33-13-29(44)31(46)15-36(33)58(39)41/h5-6,11-16,18,22-23,52H,4,7-10,19-21H2,1-3H3,(H,51,60)/t22-,23+. The molecule has 0 bridgehead atoms. The lowest BCUT2D eigenvalue weighted by Crippen LogP contribution is -2.54. The number of halogens is 4. The van der Waals surface area contributed by atoms with E-state index in [0.29, 0.717) is 53.8 Å². The van der Waals surface area contributed by atoms with Gasteiger partial charge >= 0.3 is 0 Å². The number of nitrogens with zero attached hydrogens (tertiary/aromatic N) is 10. The van der Waals surface area contributed by atoms with E-state index in [2.05, 4.69) is 60.2 Å². The van der Waals surface area contributed by atoms with Crippen LogP contribution in [0.25, 0.3) is 55.4 Å². The number of aromatic nitrogens is 6. The van der Waals surface area contributed by atoms with Crippen molar-refractivity contribution in [3.63, 3.8) is 0 Å².